The van der Waals surface area contributed by atoms with Crippen LogP contribution in [-0.4, -0.2) is 18.6 Å². The van der Waals surface area contributed by atoms with Gasteiger partial charge in [0.25, 0.3) is 0 Å². The summed E-state index contributed by atoms with van der Waals surface area (Å²) in [4.78, 5) is 10.9. The van der Waals surface area contributed by atoms with Gasteiger partial charge in [0.1, 0.15) is 0 Å². The molecule has 0 rings (SSSR count). The van der Waals surface area contributed by atoms with Crippen molar-refractivity contribution < 1.29 is 9.53 Å². The molecule has 0 heterocycles. The van der Waals surface area contributed by atoms with E-state index in [9.17, 15) is 4.79 Å². The van der Waals surface area contributed by atoms with Gasteiger partial charge in [-0.1, -0.05) is 13.8 Å². The molecule has 0 amide bonds. The van der Waals surface area contributed by atoms with Crippen LogP contribution < -0.4 is 5.73 Å². The van der Waals surface area contributed by atoms with Crippen LogP contribution in [-0.2, 0) is 9.53 Å². The molecule has 0 aliphatic rings. The molecule has 3 heteroatoms. The van der Waals surface area contributed by atoms with Crippen LogP contribution in [0.5, 0.6) is 0 Å². The van der Waals surface area contributed by atoms with Crippen molar-refractivity contribution in [2.24, 2.45) is 11.7 Å². The summed E-state index contributed by atoms with van der Waals surface area (Å²) in [6, 6.07) is 0.106. The fraction of sp³-hybridized carbons (Fsp3) is 0.889. The van der Waals surface area contributed by atoms with Crippen molar-refractivity contribution in [1.82, 2.24) is 0 Å². The average Bonchev–Trinajstić information content (AvgIpc) is 2.00. The molecule has 0 bridgehead atoms. The molecule has 2 N–H and O–H groups in total. The Kier molecular flexibility index (Phi) is 5.72. The number of rotatable bonds is 5. The van der Waals surface area contributed by atoms with Crippen LogP contribution in [0.2, 0.25) is 0 Å². The summed E-state index contributed by atoms with van der Waals surface area (Å²) in [7, 11) is 0. The van der Waals surface area contributed by atoms with Crippen LogP contribution in [0.25, 0.3) is 0 Å². The van der Waals surface area contributed by atoms with E-state index in [-0.39, 0.29) is 12.0 Å². The monoisotopic (exact) mass is 173 g/mol. The highest BCUT2D eigenvalue weighted by atomic mass is 16.5. The third-order valence-corrected chi connectivity index (χ3v) is 1.84. The summed E-state index contributed by atoms with van der Waals surface area (Å²) >= 11 is 0. The Morgan fingerprint density at radius 3 is 2.50 bits per heavy atom. The second-order valence-electron chi connectivity index (χ2n) is 3.25. The molecule has 0 aromatic carbocycles. The lowest BCUT2D eigenvalue weighted by Crippen LogP contribution is -2.27. The average molecular weight is 173 g/mol. The molecule has 0 aromatic heterocycles. The number of nitrogens with two attached hydrogens (primary N) is 1. The van der Waals surface area contributed by atoms with Gasteiger partial charge in [-0.3, -0.25) is 4.79 Å². The van der Waals surface area contributed by atoms with Crippen LogP contribution in [0.4, 0.5) is 0 Å². The highest BCUT2D eigenvalue weighted by Crippen LogP contribution is 2.05. The number of hydrogen-bond donors (Lipinski definition) is 1. The van der Waals surface area contributed by atoms with Crippen molar-refractivity contribution in [3.63, 3.8) is 0 Å². The first-order valence-electron chi connectivity index (χ1n) is 4.49. The van der Waals surface area contributed by atoms with Gasteiger partial charge >= 0.3 is 5.97 Å². The first-order valence-corrected chi connectivity index (χ1v) is 4.49. The summed E-state index contributed by atoms with van der Waals surface area (Å²) in [6.45, 7) is 6.36. The third kappa shape index (κ3) is 5.13. The van der Waals surface area contributed by atoms with E-state index in [1.54, 1.807) is 6.92 Å². The van der Waals surface area contributed by atoms with E-state index in [2.05, 4.69) is 13.8 Å². The summed E-state index contributed by atoms with van der Waals surface area (Å²) in [5.41, 5.74) is 5.75. The summed E-state index contributed by atoms with van der Waals surface area (Å²) in [6.07, 6.45) is 1.16. The van der Waals surface area contributed by atoms with Gasteiger partial charge < -0.3 is 10.5 Å². The number of carbonyl (C=O) groups excluding carboxylic acids is 1. The second kappa shape index (κ2) is 6.00. The lowest BCUT2D eigenvalue weighted by molar-refractivity contribution is -0.143. The minimum Gasteiger partial charge on any atom is -0.466 e. The van der Waals surface area contributed by atoms with Crippen molar-refractivity contribution in [3.8, 4) is 0 Å². The van der Waals surface area contributed by atoms with E-state index < -0.39 is 0 Å². The fourth-order valence-corrected chi connectivity index (χ4v) is 0.851. The Bertz CT molecular complexity index is 134. The summed E-state index contributed by atoms with van der Waals surface area (Å²) < 4.78 is 4.78. The second-order valence-corrected chi connectivity index (χ2v) is 3.25. The van der Waals surface area contributed by atoms with Gasteiger partial charge in [-0.05, 0) is 19.3 Å². The van der Waals surface area contributed by atoms with E-state index in [1.165, 1.54) is 0 Å². The van der Waals surface area contributed by atoms with E-state index in [4.69, 9.17) is 10.5 Å². The number of hydrogen-bond acceptors (Lipinski definition) is 3. The van der Waals surface area contributed by atoms with Crippen LogP contribution in [0, 0.1) is 5.92 Å². The molecule has 0 unspecified atom stereocenters. The van der Waals surface area contributed by atoms with Gasteiger partial charge in [0.05, 0.1) is 6.61 Å². The standard InChI is InChI=1S/C9H19NO2/c1-4-12-9(11)6-5-8(10)7(2)3/h7-8H,4-6,10H2,1-3H3/t8-/m1/s1. The molecule has 0 spiro atoms. The SMILES string of the molecule is CCOC(=O)CC[C@@H](N)C(C)C. The first kappa shape index (κ1) is 11.4. The molecule has 3 nitrogen and oxygen atoms in total. The van der Waals surface area contributed by atoms with Gasteiger partial charge in [0.15, 0.2) is 0 Å². The molecule has 0 aliphatic heterocycles. The number of ether oxygens (including phenoxy) is 1. The Balaban J connectivity index is 3.47. The van der Waals surface area contributed by atoms with Gasteiger partial charge in [0.2, 0.25) is 0 Å². The minimum atomic E-state index is -0.145. The maximum absolute atomic E-state index is 10.9. The van der Waals surface area contributed by atoms with Crippen LogP contribution in [0.3, 0.4) is 0 Å². The molecule has 1 atom stereocenters. The molecule has 0 aliphatic carbocycles. The normalized spacial score (nSPS) is 13.1. The van der Waals surface area contributed by atoms with Crippen molar-refractivity contribution in [2.75, 3.05) is 6.61 Å². The Morgan fingerprint density at radius 1 is 1.50 bits per heavy atom. The van der Waals surface area contributed by atoms with Crippen molar-refractivity contribution in [2.45, 2.75) is 39.7 Å². The zero-order valence-corrected chi connectivity index (χ0v) is 8.17. The van der Waals surface area contributed by atoms with Gasteiger partial charge in [-0.15, -0.1) is 0 Å². The van der Waals surface area contributed by atoms with Gasteiger partial charge in [-0.25, -0.2) is 0 Å². The Morgan fingerprint density at radius 2 is 2.08 bits per heavy atom. The minimum absolute atomic E-state index is 0.106. The van der Waals surface area contributed by atoms with Crippen LogP contribution >= 0.6 is 0 Å². The summed E-state index contributed by atoms with van der Waals surface area (Å²) in [5, 5.41) is 0. The predicted molar refractivity (Wildman–Crippen MR) is 48.7 cm³/mol. The van der Waals surface area contributed by atoms with Gasteiger partial charge in [-0.2, -0.15) is 0 Å². The molecule has 0 saturated heterocycles. The van der Waals surface area contributed by atoms with Crippen LogP contribution in [0.1, 0.15) is 33.6 Å². The smallest absolute Gasteiger partial charge is 0.305 e. The quantitative estimate of drug-likeness (QED) is 0.638. The fourth-order valence-electron chi connectivity index (χ4n) is 0.851. The topological polar surface area (TPSA) is 52.3 Å². The molecule has 72 valence electrons. The van der Waals surface area contributed by atoms with Crippen LogP contribution in [0.15, 0.2) is 0 Å². The molecular formula is C9H19NO2. The molecule has 0 radical (unpaired) electrons. The first-order chi connectivity index (χ1) is 5.57. The summed E-state index contributed by atoms with van der Waals surface area (Å²) in [5.74, 6) is 0.285. The lowest BCUT2D eigenvalue weighted by Gasteiger charge is -2.14. The Labute approximate surface area is 74.3 Å². The highest BCUT2D eigenvalue weighted by molar-refractivity contribution is 5.69. The van der Waals surface area contributed by atoms with Crippen molar-refractivity contribution in [1.29, 1.82) is 0 Å². The molecular weight excluding hydrogens is 154 g/mol. The predicted octanol–water partition coefficient (Wildman–Crippen LogP) is 1.31. The number of carbonyl (C=O) groups is 1. The molecule has 0 aromatic rings. The van der Waals surface area contributed by atoms with E-state index in [0.29, 0.717) is 18.9 Å². The number of esters is 1. The molecule has 12 heavy (non-hydrogen) atoms. The molecule has 0 saturated carbocycles. The molecule has 0 fully saturated rings. The zero-order chi connectivity index (χ0) is 9.56. The maximum Gasteiger partial charge on any atom is 0.305 e. The van der Waals surface area contributed by atoms with Gasteiger partial charge in [0, 0.05) is 12.5 Å². The van der Waals surface area contributed by atoms with E-state index in [0.717, 1.165) is 6.42 Å². The Hall–Kier alpha value is -0.570. The highest BCUT2D eigenvalue weighted by Gasteiger charge is 2.10. The zero-order valence-electron chi connectivity index (χ0n) is 8.17. The van der Waals surface area contributed by atoms with E-state index >= 15 is 0 Å². The largest absolute Gasteiger partial charge is 0.466 e. The maximum atomic E-state index is 10.9. The third-order valence-electron chi connectivity index (χ3n) is 1.84. The van der Waals surface area contributed by atoms with Crippen molar-refractivity contribution >= 4 is 5.97 Å². The lowest BCUT2D eigenvalue weighted by atomic mass is 10.0. The van der Waals surface area contributed by atoms with E-state index in [1.807, 2.05) is 0 Å². The van der Waals surface area contributed by atoms with Crippen molar-refractivity contribution in [3.05, 3.63) is 0 Å².